The van der Waals surface area contributed by atoms with Crippen LogP contribution in [-0.2, 0) is 4.74 Å². The number of aryl methyl sites for hydroxylation is 1. The summed E-state index contributed by atoms with van der Waals surface area (Å²) in [5.74, 6) is 0. The zero-order chi connectivity index (χ0) is 14.9. The fraction of sp³-hybridized carbons (Fsp3) is 0.667. The molecule has 3 heteroatoms. The first kappa shape index (κ1) is 15.4. The molecule has 1 aromatic rings. The Morgan fingerprint density at radius 1 is 1.29 bits per heavy atom. The number of ether oxygens (including phenoxy) is 1. The molecule has 0 bridgehead atoms. The summed E-state index contributed by atoms with van der Waals surface area (Å²) in [5, 5.41) is 3.81. The molecule has 2 nitrogen and oxygen atoms in total. The number of hydrogen-bond acceptors (Lipinski definition) is 2. The van der Waals surface area contributed by atoms with E-state index in [0.717, 1.165) is 13.0 Å². The quantitative estimate of drug-likeness (QED) is 0.794. The molecule has 1 N–H and O–H groups in total. The van der Waals surface area contributed by atoms with E-state index in [0.29, 0.717) is 17.6 Å². The molecule has 116 valence electrons. The second kappa shape index (κ2) is 6.29. The van der Waals surface area contributed by atoms with Gasteiger partial charge >= 0.3 is 0 Å². The van der Waals surface area contributed by atoms with E-state index in [1.807, 2.05) is 0 Å². The molecule has 3 rings (SSSR count). The average molecular weight is 352 g/mol. The maximum absolute atomic E-state index is 6.04. The maximum Gasteiger partial charge on any atom is 0.0670 e. The van der Waals surface area contributed by atoms with E-state index in [1.165, 1.54) is 47.8 Å². The second-order valence-electron chi connectivity index (χ2n) is 6.61. The molecule has 2 atom stereocenters. The monoisotopic (exact) mass is 351 g/mol. The minimum absolute atomic E-state index is 0.372. The molecule has 0 heterocycles. The summed E-state index contributed by atoms with van der Waals surface area (Å²) in [4.78, 5) is 0. The van der Waals surface area contributed by atoms with Crippen LogP contribution < -0.4 is 5.32 Å². The van der Waals surface area contributed by atoms with Crippen LogP contribution in [0.3, 0.4) is 0 Å². The normalized spacial score (nSPS) is 27.4. The lowest BCUT2D eigenvalue weighted by Crippen LogP contribution is -2.62. The van der Waals surface area contributed by atoms with Gasteiger partial charge in [0.15, 0.2) is 0 Å². The van der Waals surface area contributed by atoms with Gasteiger partial charge in [0.2, 0.25) is 0 Å². The minimum atomic E-state index is 0.372. The van der Waals surface area contributed by atoms with Crippen molar-refractivity contribution in [2.24, 2.45) is 5.41 Å². The highest BCUT2D eigenvalue weighted by molar-refractivity contribution is 9.10. The lowest BCUT2D eigenvalue weighted by Gasteiger charge is -2.58. The average Bonchev–Trinajstić information content (AvgIpc) is 2.51. The Bertz CT molecular complexity index is 496. The van der Waals surface area contributed by atoms with Gasteiger partial charge in [-0.3, -0.25) is 0 Å². The first-order chi connectivity index (χ1) is 10.2. The zero-order valence-electron chi connectivity index (χ0n) is 13.1. The maximum atomic E-state index is 6.04. The first-order valence-electron chi connectivity index (χ1n) is 8.30. The Balaban J connectivity index is 1.77. The fourth-order valence-corrected chi connectivity index (χ4v) is 4.59. The number of benzene rings is 1. The predicted octanol–water partition coefficient (Wildman–Crippen LogP) is 5.30. The molecular formula is C18H26BrNO. The van der Waals surface area contributed by atoms with Crippen LogP contribution in [0.2, 0.25) is 0 Å². The molecule has 0 radical (unpaired) electrons. The number of rotatable bonds is 4. The van der Waals surface area contributed by atoms with Crippen molar-refractivity contribution in [2.45, 2.75) is 64.5 Å². The molecule has 0 aliphatic heterocycles. The highest BCUT2D eigenvalue weighted by Gasteiger charge is 2.55. The van der Waals surface area contributed by atoms with E-state index < -0.39 is 0 Å². The van der Waals surface area contributed by atoms with Crippen molar-refractivity contribution >= 4 is 21.6 Å². The van der Waals surface area contributed by atoms with Gasteiger partial charge in [-0.25, -0.2) is 0 Å². The van der Waals surface area contributed by atoms with Gasteiger partial charge in [0.05, 0.1) is 6.10 Å². The molecule has 0 saturated heterocycles. The van der Waals surface area contributed by atoms with Crippen LogP contribution in [0.5, 0.6) is 0 Å². The highest BCUT2D eigenvalue weighted by Crippen LogP contribution is 2.54. The second-order valence-corrected chi connectivity index (χ2v) is 7.40. The van der Waals surface area contributed by atoms with Crippen molar-refractivity contribution in [3.8, 4) is 0 Å². The Labute approximate surface area is 136 Å². The van der Waals surface area contributed by atoms with Gasteiger partial charge in [0.25, 0.3) is 0 Å². The lowest BCUT2D eigenvalue weighted by atomic mass is 9.55. The van der Waals surface area contributed by atoms with E-state index in [2.05, 4.69) is 53.3 Å². The van der Waals surface area contributed by atoms with Crippen molar-refractivity contribution in [3.05, 3.63) is 28.2 Å². The molecule has 2 aliphatic rings. The van der Waals surface area contributed by atoms with Crippen molar-refractivity contribution in [2.75, 3.05) is 11.9 Å². The van der Waals surface area contributed by atoms with Crippen molar-refractivity contribution < 1.29 is 4.74 Å². The highest BCUT2D eigenvalue weighted by atomic mass is 79.9. The number of hydrogen-bond donors (Lipinski definition) is 1. The smallest absolute Gasteiger partial charge is 0.0670 e. The standard InChI is InChI=1S/C18H26BrNO/c1-3-21-16-12-15(18(16)10-5-4-6-11-18)20-14-9-7-8-13(2)17(14)19/h7-9,15-16,20H,3-6,10-12H2,1-2H3. The topological polar surface area (TPSA) is 21.3 Å². The van der Waals surface area contributed by atoms with Gasteiger partial charge < -0.3 is 10.1 Å². The fourth-order valence-electron chi connectivity index (χ4n) is 4.21. The van der Waals surface area contributed by atoms with E-state index in [4.69, 9.17) is 4.74 Å². The van der Waals surface area contributed by atoms with E-state index in [9.17, 15) is 0 Å². The predicted molar refractivity (Wildman–Crippen MR) is 91.8 cm³/mol. The third kappa shape index (κ3) is 2.75. The molecule has 2 saturated carbocycles. The molecule has 2 unspecified atom stereocenters. The van der Waals surface area contributed by atoms with Crippen LogP contribution in [0.4, 0.5) is 5.69 Å². The third-order valence-electron chi connectivity index (χ3n) is 5.46. The summed E-state index contributed by atoms with van der Waals surface area (Å²) in [7, 11) is 0. The van der Waals surface area contributed by atoms with E-state index in [1.54, 1.807) is 0 Å². The van der Waals surface area contributed by atoms with Crippen LogP contribution in [-0.4, -0.2) is 18.8 Å². The van der Waals surface area contributed by atoms with Crippen LogP contribution in [0, 0.1) is 12.3 Å². The Morgan fingerprint density at radius 3 is 2.76 bits per heavy atom. The van der Waals surface area contributed by atoms with Gasteiger partial charge in [0, 0.05) is 28.2 Å². The third-order valence-corrected chi connectivity index (χ3v) is 6.51. The minimum Gasteiger partial charge on any atom is -0.381 e. The lowest BCUT2D eigenvalue weighted by molar-refractivity contribution is -0.134. The summed E-state index contributed by atoms with van der Waals surface area (Å²) in [5.41, 5.74) is 2.90. The molecule has 1 spiro atoms. The molecule has 2 aliphatic carbocycles. The van der Waals surface area contributed by atoms with Gasteiger partial charge in [0.1, 0.15) is 0 Å². The van der Waals surface area contributed by atoms with Crippen molar-refractivity contribution in [1.82, 2.24) is 0 Å². The number of nitrogens with one attached hydrogen (secondary N) is 1. The van der Waals surface area contributed by atoms with Gasteiger partial charge in [-0.05, 0) is 60.7 Å². The van der Waals surface area contributed by atoms with Gasteiger partial charge in [-0.2, -0.15) is 0 Å². The van der Waals surface area contributed by atoms with Crippen LogP contribution in [0.15, 0.2) is 22.7 Å². The molecular weight excluding hydrogens is 326 g/mol. The Hall–Kier alpha value is -0.540. The number of halogens is 1. The van der Waals surface area contributed by atoms with Crippen LogP contribution in [0.1, 0.15) is 51.0 Å². The van der Waals surface area contributed by atoms with Crippen molar-refractivity contribution in [3.63, 3.8) is 0 Å². The SMILES string of the molecule is CCOC1CC(Nc2cccc(C)c2Br)C12CCCCC2. The summed E-state index contributed by atoms with van der Waals surface area (Å²) in [6.45, 7) is 5.11. The van der Waals surface area contributed by atoms with Crippen LogP contribution >= 0.6 is 15.9 Å². The van der Waals surface area contributed by atoms with Gasteiger partial charge in [-0.1, -0.05) is 31.4 Å². The molecule has 0 amide bonds. The molecule has 1 aromatic carbocycles. The Kier molecular flexibility index (Phi) is 4.60. The molecule has 2 fully saturated rings. The first-order valence-corrected chi connectivity index (χ1v) is 9.10. The summed E-state index contributed by atoms with van der Waals surface area (Å²) in [6.07, 6.45) is 8.35. The zero-order valence-corrected chi connectivity index (χ0v) is 14.7. The van der Waals surface area contributed by atoms with Crippen LogP contribution in [0.25, 0.3) is 0 Å². The summed E-state index contributed by atoms with van der Waals surface area (Å²) < 4.78 is 7.25. The molecule has 0 aromatic heterocycles. The largest absolute Gasteiger partial charge is 0.381 e. The van der Waals surface area contributed by atoms with Gasteiger partial charge in [-0.15, -0.1) is 0 Å². The Morgan fingerprint density at radius 2 is 2.05 bits per heavy atom. The summed E-state index contributed by atoms with van der Waals surface area (Å²) in [6, 6.07) is 7.03. The summed E-state index contributed by atoms with van der Waals surface area (Å²) >= 11 is 3.73. The number of anilines is 1. The van der Waals surface area contributed by atoms with E-state index >= 15 is 0 Å². The molecule has 21 heavy (non-hydrogen) atoms. The van der Waals surface area contributed by atoms with Crippen molar-refractivity contribution in [1.29, 1.82) is 0 Å². The van der Waals surface area contributed by atoms with E-state index in [-0.39, 0.29) is 0 Å².